The minimum atomic E-state index is -4.45. The number of aryl methyl sites for hydroxylation is 1. The first kappa shape index (κ1) is 19.3. The van der Waals surface area contributed by atoms with Crippen molar-refractivity contribution < 1.29 is 18.0 Å². The number of benzene rings is 1. The molecule has 2 aromatic heterocycles. The average molecular weight is 387 g/mol. The number of alkyl halides is 3. The number of anilines is 2. The second-order valence-corrected chi connectivity index (χ2v) is 5.93. The number of nitrogens with zero attached hydrogens (tertiary/aromatic N) is 3. The smallest absolute Gasteiger partial charge is 0.347 e. The Bertz CT molecular complexity index is 977. The molecule has 28 heavy (non-hydrogen) atoms. The van der Waals surface area contributed by atoms with E-state index in [9.17, 15) is 18.0 Å². The van der Waals surface area contributed by atoms with Crippen LogP contribution in [0, 0.1) is 6.92 Å². The fourth-order valence-corrected chi connectivity index (χ4v) is 2.44. The summed E-state index contributed by atoms with van der Waals surface area (Å²) < 4.78 is 38.6. The molecule has 2 N–H and O–H groups in total. The maximum atomic E-state index is 12.9. The van der Waals surface area contributed by atoms with Crippen LogP contribution in [0.5, 0.6) is 0 Å². The van der Waals surface area contributed by atoms with Crippen molar-refractivity contribution in [3.63, 3.8) is 0 Å². The normalized spacial score (nSPS) is 11.1. The molecule has 144 valence electrons. The van der Waals surface area contributed by atoms with Gasteiger partial charge in [0.15, 0.2) is 0 Å². The van der Waals surface area contributed by atoms with Crippen LogP contribution in [0.15, 0.2) is 54.9 Å². The highest BCUT2D eigenvalue weighted by molar-refractivity contribution is 5.93. The van der Waals surface area contributed by atoms with Gasteiger partial charge in [0.2, 0.25) is 0 Å². The van der Waals surface area contributed by atoms with Crippen LogP contribution in [-0.4, -0.2) is 20.9 Å². The molecular weight excluding hydrogens is 371 g/mol. The number of pyridine rings is 1. The third-order valence-corrected chi connectivity index (χ3v) is 3.71. The lowest BCUT2D eigenvalue weighted by atomic mass is 10.2. The average Bonchev–Trinajstić information content (AvgIpc) is 2.66. The van der Waals surface area contributed by atoms with Crippen LogP contribution in [0.2, 0.25) is 0 Å². The summed E-state index contributed by atoms with van der Waals surface area (Å²) >= 11 is 0. The molecule has 0 aliphatic rings. The number of halogens is 3. The maximum absolute atomic E-state index is 12.9. The van der Waals surface area contributed by atoms with Crippen LogP contribution >= 0.6 is 0 Å². The first-order valence-electron chi connectivity index (χ1n) is 8.28. The van der Waals surface area contributed by atoms with E-state index in [2.05, 4.69) is 25.6 Å². The van der Waals surface area contributed by atoms with Gasteiger partial charge in [0.1, 0.15) is 17.3 Å². The molecule has 0 bridgehead atoms. The molecule has 2 heterocycles. The molecule has 0 radical (unpaired) electrons. The fraction of sp³-hybridized carbons (Fsp3) is 0.158. The zero-order valence-corrected chi connectivity index (χ0v) is 14.8. The third kappa shape index (κ3) is 5.03. The van der Waals surface area contributed by atoms with Crippen molar-refractivity contribution in [2.24, 2.45) is 0 Å². The van der Waals surface area contributed by atoms with Gasteiger partial charge in [-0.25, -0.2) is 9.97 Å². The van der Waals surface area contributed by atoms with Crippen LogP contribution in [0.25, 0.3) is 0 Å². The lowest BCUT2D eigenvalue weighted by molar-refractivity contribution is -0.137. The standard InChI is InChI=1S/C19H16F3N5O/c1-12-25-16(18(28)24-11-13-4-3-7-23-10-13)9-17(26-12)27-15-6-2-5-14(8-15)19(20,21)22/h2-10H,11H2,1H3,(H,24,28)(H,25,26,27). The summed E-state index contributed by atoms with van der Waals surface area (Å²) in [6.45, 7) is 1.86. The Morgan fingerprint density at radius 2 is 1.93 bits per heavy atom. The van der Waals surface area contributed by atoms with E-state index in [1.807, 2.05) is 6.07 Å². The quantitative estimate of drug-likeness (QED) is 0.695. The Labute approximate surface area is 158 Å². The number of hydrogen-bond donors (Lipinski definition) is 2. The van der Waals surface area contributed by atoms with Gasteiger partial charge in [0.25, 0.3) is 5.91 Å². The highest BCUT2D eigenvalue weighted by atomic mass is 19.4. The highest BCUT2D eigenvalue weighted by Gasteiger charge is 2.30. The van der Waals surface area contributed by atoms with E-state index in [4.69, 9.17) is 0 Å². The van der Waals surface area contributed by atoms with Gasteiger partial charge in [-0.15, -0.1) is 0 Å². The zero-order valence-electron chi connectivity index (χ0n) is 14.8. The molecule has 0 atom stereocenters. The molecule has 1 amide bonds. The van der Waals surface area contributed by atoms with Crippen LogP contribution in [0.1, 0.15) is 27.4 Å². The van der Waals surface area contributed by atoms with Crippen LogP contribution in [0.4, 0.5) is 24.7 Å². The van der Waals surface area contributed by atoms with E-state index >= 15 is 0 Å². The van der Waals surface area contributed by atoms with Crippen LogP contribution in [0.3, 0.4) is 0 Å². The van der Waals surface area contributed by atoms with Crippen LogP contribution < -0.4 is 10.6 Å². The van der Waals surface area contributed by atoms with Crippen molar-refractivity contribution in [2.75, 3.05) is 5.32 Å². The zero-order chi connectivity index (χ0) is 20.1. The Morgan fingerprint density at radius 3 is 2.64 bits per heavy atom. The molecule has 0 saturated heterocycles. The number of aromatic nitrogens is 3. The summed E-state index contributed by atoms with van der Waals surface area (Å²) in [6, 6.07) is 9.68. The van der Waals surface area contributed by atoms with Crippen molar-refractivity contribution in [2.45, 2.75) is 19.6 Å². The van der Waals surface area contributed by atoms with E-state index in [0.29, 0.717) is 5.82 Å². The predicted octanol–water partition coefficient (Wildman–Crippen LogP) is 3.87. The van der Waals surface area contributed by atoms with Gasteiger partial charge in [-0.2, -0.15) is 13.2 Å². The molecule has 0 fully saturated rings. The summed E-state index contributed by atoms with van der Waals surface area (Å²) in [5, 5.41) is 5.50. The van der Waals surface area contributed by atoms with Gasteiger partial charge in [-0.1, -0.05) is 12.1 Å². The Balaban J connectivity index is 1.75. The minimum absolute atomic E-state index is 0.103. The second-order valence-electron chi connectivity index (χ2n) is 5.93. The molecular formula is C19H16F3N5O. The molecule has 6 nitrogen and oxygen atoms in total. The molecule has 9 heteroatoms. The first-order valence-corrected chi connectivity index (χ1v) is 8.28. The SMILES string of the molecule is Cc1nc(Nc2cccc(C(F)(F)F)c2)cc(C(=O)NCc2cccnc2)n1. The molecule has 3 aromatic rings. The number of nitrogens with one attached hydrogen (secondary N) is 2. The van der Waals surface area contributed by atoms with E-state index in [0.717, 1.165) is 17.7 Å². The summed E-state index contributed by atoms with van der Waals surface area (Å²) in [4.78, 5) is 24.5. The molecule has 0 spiro atoms. The van der Waals surface area contributed by atoms with Crippen LogP contribution in [-0.2, 0) is 12.7 Å². The first-order chi connectivity index (χ1) is 13.3. The lowest BCUT2D eigenvalue weighted by Gasteiger charge is -2.11. The largest absolute Gasteiger partial charge is 0.416 e. The fourth-order valence-electron chi connectivity index (χ4n) is 2.44. The van der Waals surface area contributed by atoms with Crippen molar-refractivity contribution in [3.05, 3.63) is 77.5 Å². The predicted molar refractivity (Wildman–Crippen MR) is 96.9 cm³/mol. The molecule has 3 rings (SSSR count). The Kier molecular flexibility index (Phi) is 5.53. The molecule has 0 saturated carbocycles. The maximum Gasteiger partial charge on any atom is 0.416 e. The van der Waals surface area contributed by atoms with E-state index in [-0.39, 0.29) is 23.7 Å². The number of carbonyl (C=O) groups is 1. The van der Waals surface area contributed by atoms with Crippen molar-refractivity contribution in [1.82, 2.24) is 20.3 Å². The van der Waals surface area contributed by atoms with E-state index in [1.165, 1.54) is 18.2 Å². The summed E-state index contributed by atoms with van der Waals surface area (Å²) in [6.07, 6.45) is -1.19. The number of carbonyl (C=O) groups excluding carboxylic acids is 1. The van der Waals surface area contributed by atoms with Gasteiger partial charge in [0, 0.05) is 30.7 Å². The van der Waals surface area contributed by atoms with Gasteiger partial charge >= 0.3 is 6.18 Å². The summed E-state index contributed by atoms with van der Waals surface area (Å²) in [5.41, 5.74) is 0.349. The van der Waals surface area contributed by atoms with Gasteiger partial charge < -0.3 is 10.6 Å². The highest BCUT2D eigenvalue weighted by Crippen LogP contribution is 2.31. The molecule has 0 aliphatic carbocycles. The number of amides is 1. The van der Waals surface area contributed by atoms with Gasteiger partial charge in [0.05, 0.1) is 5.56 Å². The van der Waals surface area contributed by atoms with Gasteiger partial charge in [-0.05, 0) is 36.8 Å². The molecule has 0 aliphatic heterocycles. The molecule has 0 unspecified atom stereocenters. The lowest BCUT2D eigenvalue weighted by Crippen LogP contribution is -2.24. The van der Waals surface area contributed by atoms with E-state index < -0.39 is 17.6 Å². The van der Waals surface area contributed by atoms with Crippen molar-refractivity contribution in [3.8, 4) is 0 Å². The summed E-state index contributed by atoms with van der Waals surface area (Å²) in [5.74, 6) is 0.100. The Morgan fingerprint density at radius 1 is 1.11 bits per heavy atom. The van der Waals surface area contributed by atoms with Crippen molar-refractivity contribution in [1.29, 1.82) is 0 Å². The minimum Gasteiger partial charge on any atom is -0.347 e. The molecule has 1 aromatic carbocycles. The number of rotatable bonds is 5. The second kappa shape index (κ2) is 8.03. The Hall–Kier alpha value is -3.49. The number of hydrogen-bond acceptors (Lipinski definition) is 5. The summed E-state index contributed by atoms with van der Waals surface area (Å²) in [7, 11) is 0. The monoisotopic (exact) mass is 387 g/mol. The topological polar surface area (TPSA) is 79.8 Å². The van der Waals surface area contributed by atoms with E-state index in [1.54, 1.807) is 25.4 Å². The van der Waals surface area contributed by atoms with Crippen molar-refractivity contribution >= 4 is 17.4 Å². The third-order valence-electron chi connectivity index (χ3n) is 3.71. The van der Waals surface area contributed by atoms with Gasteiger partial charge in [-0.3, -0.25) is 9.78 Å².